The van der Waals surface area contributed by atoms with Crippen molar-refractivity contribution in [1.29, 1.82) is 5.41 Å². The van der Waals surface area contributed by atoms with Crippen LogP contribution >= 0.6 is 0 Å². The summed E-state index contributed by atoms with van der Waals surface area (Å²) in [6.07, 6.45) is 0.715. The number of nitrogens with zero attached hydrogens (tertiary/aromatic N) is 1. The summed E-state index contributed by atoms with van der Waals surface area (Å²) in [7, 11) is -3.67. The van der Waals surface area contributed by atoms with E-state index in [9.17, 15) is 13.2 Å². The van der Waals surface area contributed by atoms with Gasteiger partial charge in [-0.2, -0.15) is 8.42 Å². The van der Waals surface area contributed by atoms with Crippen LogP contribution in [-0.4, -0.2) is 36.1 Å². The third kappa shape index (κ3) is 6.15. The van der Waals surface area contributed by atoms with E-state index in [0.29, 0.717) is 17.5 Å². The van der Waals surface area contributed by atoms with Gasteiger partial charge in [0.2, 0.25) is 0 Å². The van der Waals surface area contributed by atoms with E-state index >= 15 is 0 Å². The van der Waals surface area contributed by atoms with Gasteiger partial charge >= 0.3 is 0 Å². The quantitative estimate of drug-likeness (QED) is 0.295. The Labute approximate surface area is 162 Å². The van der Waals surface area contributed by atoms with Crippen molar-refractivity contribution in [2.75, 3.05) is 6.26 Å². The molecule has 0 aliphatic heterocycles. The number of aryl methyl sites for hydroxylation is 1. The zero-order valence-corrected chi connectivity index (χ0v) is 16.1. The molecule has 0 atom stereocenters. The number of nitrogens with one attached hydrogen (secondary N) is 2. The number of benzene rings is 2. The first kappa shape index (κ1) is 21.0. The molecule has 0 saturated carbocycles. The van der Waals surface area contributed by atoms with Crippen LogP contribution in [0.5, 0.6) is 0 Å². The predicted molar refractivity (Wildman–Crippen MR) is 109 cm³/mol. The molecule has 8 nitrogen and oxygen atoms in total. The standard InChI is InChI=1S/C18H16N4O.CH4O3S/c1-11-7-8-15-13(9-11)14(17(23)22-18(19)20)10-16(21-15)12-5-3-2-4-6-12;1-5(2,3)4/h2-10H,1H3,(H4,19,20,22,23);1H3,(H,2,3,4). The number of amides is 1. The average molecular weight is 400 g/mol. The Hall–Kier alpha value is -3.30. The maximum Gasteiger partial charge on any atom is 0.261 e. The second-order valence-electron chi connectivity index (χ2n) is 6.04. The number of nitrogens with two attached hydrogens (primary N) is 1. The van der Waals surface area contributed by atoms with E-state index in [-0.39, 0.29) is 5.96 Å². The third-order valence-corrected chi connectivity index (χ3v) is 3.53. The van der Waals surface area contributed by atoms with Gasteiger partial charge in [0.1, 0.15) is 0 Å². The van der Waals surface area contributed by atoms with E-state index in [1.807, 2.05) is 55.5 Å². The molecule has 5 N–H and O–H groups in total. The minimum atomic E-state index is -3.67. The van der Waals surface area contributed by atoms with Crippen LogP contribution in [0.4, 0.5) is 0 Å². The van der Waals surface area contributed by atoms with Crippen LogP contribution in [0.3, 0.4) is 0 Å². The lowest BCUT2D eigenvalue weighted by molar-refractivity contribution is 0.0978. The van der Waals surface area contributed by atoms with Crippen LogP contribution in [0.2, 0.25) is 0 Å². The van der Waals surface area contributed by atoms with Gasteiger partial charge in [-0.25, -0.2) is 4.98 Å². The van der Waals surface area contributed by atoms with Crippen LogP contribution in [-0.2, 0) is 10.1 Å². The first-order chi connectivity index (χ1) is 13.0. The van der Waals surface area contributed by atoms with E-state index in [1.54, 1.807) is 6.07 Å². The van der Waals surface area contributed by atoms with Crippen molar-refractivity contribution in [2.45, 2.75) is 6.92 Å². The fraction of sp³-hybridized carbons (Fsp3) is 0.105. The molecule has 9 heteroatoms. The number of aromatic nitrogens is 1. The minimum absolute atomic E-state index is 0.381. The normalized spacial score (nSPS) is 10.7. The summed E-state index contributed by atoms with van der Waals surface area (Å²) in [5.41, 5.74) is 9.13. The number of pyridine rings is 1. The molecule has 3 rings (SSSR count). The monoisotopic (exact) mass is 400 g/mol. The van der Waals surface area contributed by atoms with Crippen LogP contribution in [0, 0.1) is 12.3 Å². The van der Waals surface area contributed by atoms with Gasteiger partial charge in [-0.05, 0) is 25.1 Å². The van der Waals surface area contributed by atoms with Gasteiger partial charge in [-0.1, -0.05) is 42.0 Å². The van der Waals surface area contributed by atoms with Gasteiger partial charge < -0.3 is 5.73 Å². The molecule has 0 unspecified atom stereocenters. The van der Waals surface area contributed by atoms with Crippen molar-refractivity contribution >= 4 is 32.9 Å². The van der Waals surface area contributed by atoms with E-state index in [2.05, 4.69) is 10.3 Å². The number of hydrogen-bond acceptors (Lipinski definition) is 5. The molecule has 146 valence electrons. The van der Waals surface area contributed by atoms with Gasteiger partial charge in [-0.15, -0.1) is 0 Å². The molecule has 28 heavy (non-hydrogen) atoms. The van der Waals surface area contributed by atoms with Crippen LogP contribution in [0.25, 0.3) is 22.2 Å². The Morgan fingerprint density at radius 2 is 1.75 bits per heavy atom. The highest BCUT2D eigenvalue weighted by molar-refractivity contribution is 7.85. The lowest BCUT2D eigenvalue weighted by Crippen LogP contribution is -2.35. The van der Waals surface area contributed by atoms with E-state index in [1.165, 1.54) is 0 Å². The van der Waals surface area contributed by atoms with Crippen LogP contribution < -0.4 is 11.1 Å². The molecule has 0 aliphatic carbocycles. The van der Waals surface area contributed by atoms with Gasteiger partial charge in [0.05, 0.1) is 23.0 Å². The molecular formula is C19H20N4O4S. The van der Waals surface area contributed by atoms with Crippen molar-refractivity contribution in [3.05, 3.63) is 65.7 Å². The molecule has 0 fully saturated rings. The first-order valence-electron chi connectivity index (χ1n) is 8.09. The number of guanidine groups is 1. The number of fused-ring (bicyclic) bond motifs is 1. The fourth-order valence-electron chi connectivity index (χ4n) is 2.47. The predicted octanol–water partition coefficient (Wildman–Crippen LogP) is 2.34. The van der Waals surface area contributed by atoms with Crippen molar-refractivity contribution in [1.82, 2.24) is 10.3 Å². The second-order valence-corrected chi connectivity index (χ2v) is 7.51. The smallest absolute Gasteiger partial charge is 0.261 e. The molecule has 0 bridgehead atoms. The zero-order chi connectivity index (χ0) is 20.9. The van der Waals surface area contributed by atoms with E-state index in [4.69, 9.17) is 15.7 Å². The summed E-state index contributed by atoms with van der Waals surface area (Å²) < 4.78 is 25.9. The molecule has 0 saturated heterocycles. The lowest BCUT2D eigenvalue weighted by Gasteiger charge is -2.10. The Morgan fingerprint density at radius 1 is 1.14 bits per heavy atom. The fourth-order valence-corrected chi connectivity index (χ4v) is 2.47. The third-order valence-electron chi connectivity index (χ3n) is 3.53. The maximum absolute atomic E-state index is 12.4. The molecular weight excluding hydrogens is 380 g/mol. The van der Waals surface area contributed by atoms with Gasteiger partial charge in [-0.3, -0.25) is 20.1 Å². The summed E-state index contributed by atoms with van der Waals surface area (Å²) in [6.45, 7) is 1.96. The Balaban J connectivity index is 0.000000500. The highest BCUT2D eigenvalue weighted by Gasteiger charge is 2.14. The number of carbonyl (C=O) groups is 1. The molecule has 3 aromatic rings. The number of hydrogen-bond donors (Lipinski definition) is 4. The maximum atomic E-state index is 12.4. The molecule has 1 aromatic heterocycles. The summed E-state index contributed by atoms with van der Waals surface area (Å²) in [4.78, 5) is 17.0. The number of rotatable bonds is 2. The first-order valence-corrected chi connectivity index (χ1v) is 9.94. The van der Waals surface area contributed by atoms with Crippen LogP contribution in [0.15, 0.2) is 54.6 Å². The molecule has 0 radical (unpaired) electrons. The van der Waals surface area contributed by atoms with Crippen LogP contribution in [0.1, 0.15) is 15.9 Å². The van der Waals surface area contributed by atoms with Gasteiger partial charge in [0, 0.05) is 10.9 Å². The largest absolute Gasteiger partial charge is 0.370 e. The number of carbonyl (C=O) groups excluding carboxylic acids is 1. The topological polar surface area (TPSA) is 146 Å². The molecule has 0 spiro atoms. The van der Waals surface area contributed by atoms with Crippen molar-refractivity contribution in [3.63, 3.8) is 0 Å². The van der Waals surface area contributed by atoms with Gasteiger partial charge in [0.15, 0.2) is 5.96 Å². The van der Waals surface area contributed by atoms with E-state index < -0.39 is 16.0 Å². The summed E-state index contributed by atoms with van der Waals surface area (Å²) in [6, 6.07) is 17.1. The highest BCUT2D eigenvalue weighted by Crippen LogP contribution is 2.25. The van der Waals surface area contributed by atoms with E-state index in [0.717, 1.165) is 22.0 Å². The minimum Gasteiger partial charge on any atom is -0.370 e. The summed E-state index contributed by atoms with van der Waals surface area (Å²) in [5.74, 6) is -0.790. The second kappa shape index (κ2) is 8.59. The summed E-state index contributed by atoms with van der Waals surface area (Å²) in [5, 5.41) is 10.4. The van der Waals surface area contributed by atoms with Crippen molar-refractivity contribution in [2.24, 2.45) is 5.73 Å². The Kier molecular flexibility index (Phi) is 6.45. The Bertz CT molecular complexity index is 1120. The lowest BCUT2D eigenvalue weighted by atomic mass is 10.0. The van der Waals surface area contributed by atoms with Crippen molar-refractivity contribution in [3.8, 4) is 11.3 Å². The Morgan fingerprint density at radius 3 is 2.32 bits per heavy atom. The molecule has 2 aromatic carbocycles. The molecule has 1 amide bonds. The average Bonchev–Trinajstić information content (AvgIpc) is 2.59. The van der Waals surface area contributed by atoms with Crippen molar-refractivity contribution < 1.29 is 17.8 Å². The van der Waals surface area contributed by atoms with Gasteiger partial charge in [0.25, 0.3) is 16.0 Å². The molecule has 1 heterocycles. The summed E-state index contributed by atoms with van der Waals surface area (Å²) >= 11 is 0. The molecule has 0 aliphatic rings. The highest BCUT2D eigenvalue weighted by atomic mass is 32.2. The SMILES string of the molecule is CS(=O)(=O)O.Cc1ccc2nc(-c3ccccc3)cc(C(=O)NC(=N)N)c2c1. The zero-order valence-electron chi connectivity index (χ0n) is 15.3.